The first kappa shape index (κ1) is 15.8. The van der Waals surface area contributed by atoms with E-state index in [1.807, 2.05) is 18.2 Å². The first-order chi connectivity index (χ1) is 10.2. The number of aromatic nitrogens is 2. The number of rotatable bonds is 7. The molecule has 1 heterocycles. The van der Waals surface area contributed by atoms with Crippen molar-refractivity contribution in [2.45, 2.75) is 33.1 Å². The Bertz CT molecular complexity index is 586. The van der Waals surface area contributed by atoms with Crippen LogP contribution in [0, 0.1) is 6.92 Å². The minimum Gasteiger partial charge on any atom is -0.354 e. The van der Waals surface area contributed by atoms with Crippen LogP contribution in [-0.2, 0) is 0 Å². The maximum absolute atomic E-state index is 4.47. The fourth-order valence-electron chi connectivity index (χ4n) is 1.96. The summed E-state index contributed by atoms with van der Waals surface area (Å²) in [5.41, 5.74) is 2.21. The number of anilines is 3. The minimum absolute atomic E-state index is 0.671. The molecule has 0 aliphatic heterocycles. The number of aryl methyl sites for hydroxylation is 1. The van der Waals surface area contributed by atoms with Gasteiger partial charge in [0.1, 0.15) is 5.82 Å². The Morgan fingerprint density at radius 2 is 2.05 bits per heavy atom. The van der Waals surface area contributed by atoms with E-state index in [0.29, 0.717) is 5.95 Å². The molecule has 21 heavy (non-hydrogen) atoms. The number of benzene rings is 1. The van der Waals surface area contributed by atoms with Crippen LogP contribution in [0.25, 0.3) is 0 Å². The van der Waals surface area contributed by atoms with Gasteiger partial charge >= 0.3 is 0 Å². The molecule has 5 heteroatoms. The summed E-state index contributed by atoms with van der Waals surface area (Å²) in [6.45, 7) is 5.17. The molecule has 0 spiro atoms. The van der Waals surface area contributed by atoms with E-state index >= 15 is 0 Å². The van der Waals surface area contributed by atoms with Gasteiger partial charge in [-0.15, -0.1) is 0 Å². The molecule has 0 fully saturated rings. The highest BCUT2D eigenvalue weighted by molar-refractivity contribution is 9.10. The lowest BCUT2D eigenvalue weighted by Gasteiger charge is -2.09. The van der Waals surface area contributed by atoms with Crippen molar-refractivity contribution in [2.24, 2.45) is 0 Å². The van der Waals surface area contributed by atoms with Gasteiger partial charge in [0.05, 0.1) is 0 Å². The van der Waals surface area contributed by atoms with E-state index < -0.39 is 0 Å². The van der Waals surface area contributed by atoms with Crippen molar-refractivity contribution in [2.75, 3.05) is 17.2 Å². The lowest BCUT2D eigenvalue weighted by atomic mass is 10.2. The molecule has 0 bridgehead atoms. The van der Waals surface area contributed by atoms with Crippen molar-refractivity contribution < 1.29 is 0 Å². The van der Waals surface area contributed by atoms with Gasteiger partial charge in [-0.05, 0) is 43.2 Å². The maximum atomic E-state index is 4.47. The molecule has 4 nitrogen and oxygen atoms in total. The van der Waals surface area contributed by atoms with E-state index in [1.54, 1.807) is 6.20 Å². The quantitative estimate of drug-likeness (QED) is 0.699. The minimum atomic E-state index is 0.671. The molecule has 112 valence electrons. The van der Waals surface area contributed by atoms with Gasteiger partial charge in [-0.2, -0.15) is 4.98 Å². The molecule has 2 rings (SSSR count). The molecule has 1 aromatic carbocycles. The highest BCUT2D eigenvalue weighted by Gasteiger charge is 2.01. The van der Waals surface area contributed by atoms with Crippen LogP contribution in [0.15, 0.2) is 34.9 Å². The van der Waals surface area contributed by atoms with E-state index in [9.17, 15) is 0 Å². The summed E-state index contributed by atoms with van der Waals surface area (Å²) in [6.07, 6.45) is 5.35. The van der Waals surface area contributed by atoms with Crippen molar-refractivity contribution in [1.82, 2.24) is 9.97 Å². The van der Waals surface area contributed by atoms with Gasteiger partial charge in [-0.1, -0.05) is 35.7 Å². The van der Waals surface area contributed by atoms with Crippen molar-refractivity contribution in [1.29, 1.82) is 0 Å². The predicted octanol–water partition coefficient (Wildman–Crippen LogP) is 4.89. The van der Waals surface area contributed by atoms with Crippen LogP contribution in [0.1, 0.15) is 31.7 Å². The summed E-state index contributed by atoms with van der Waals surface area (Å²) < 4.78 is 1.11. The van der Waals surface area contributed by atoms with Crippen LogP contribution in [0.4, 0.5) is 17.5 Å². The molecule has 1 aromatic heterocycles. The second-order valence-corrected chi connectivity index (χ2v) is 5.84. The first-order valence-electron chi connectivity index (χ1n) is 7.29. The Kier molecular flexibility index (Phi) is 5.99. The van der Waals surface area contributed by atoms with Crippen LogP contribution in [0.3, 0.4) is 0 Å². The van der Waals surface area contributed by atoms with E-state index in [0.717, 1.165) is 28.9 Å². The van der Waals surface area contributed by atoms with E-state index in [1.165, 1.54) is 18.4 Å². The summed E-state index contributed by atoms with van der Waals surface area (Å²) in [4.78, 5) is 8.71. The van der Waals surface area contributed by atoms with Crippen LogP contribution in [0.5, 0.6) is 0 Å². The molecule has 0 aliphatic rings. The molecular weight excluding hydrogens is 328 g/mol. The zero-order valence-corrected chi connectivity index (χ0v) is 14.1. The van der Waals surface area contributed by atoms with Gasteiger partial charge in [-0.3, -0.25) is 0 Å². The molecule has 0 saturated heterocycles. The highest BCUT2D eigenvalue weighted by Crippen LogP contribution is 2.22. The smallest absolute Gasteiger partial charge is 0.224 e. The van der Waals surface area contributed by atoms with Crippen molar-refractivity contribution in [3.63, 3.8) is 0 Å². The number of nitrogens with zero attached hydrogens (tertiary/aromatic N) is 2. The summed E-state index contributed by atoms with van der Waals surface area (Å²) in [6, 6.07) is 8.01. The topological polar surface area (TPSA) is 49.8 Å². The number of unbranched alkanes of at least 4 members (excludes halogenated alkanes) is 2. The third kappa shape index (κ3) is 5.01. The Balaban J connectivity index is 1.98. The number of halogens is 1. The van der Waals surface area contributed by atoms with Gasteiger partial charge in [-0.25, -0.2) is 4.98 Å². The van der Waals surface area contributed by atoms with E-state index in [2.05, 4.69) is 56.4 Å². The van der Waals surface area contributed by atoms with Crippen LogP contribution >= 0.6 is 15.9 Å². The average Bonchev–Trinajstić information content (AvgIpc) is 2.48. The lowest BCUT2D eigenvalue weighted by Crippen LogP contribution is -2.06. The molecule has 0 radical (unpaired) electrons. The highest BCUT2D eigenvalue weighted by atomic mass is 79.9. The van der Waals surface area contributed by atoms with E-state index in [4.69, 9.17) is 0 Å². The molecule has 2 aromatic rings. The van der Waals surface area contributed by atoms with Crippen LogP contribution in [0.2, 0.25) is 0 Å². The maximum Gasteiger partial charge on any atom is 0.224 e. The first-order valence-corrected chi connectivity index (χ1v) is 8.08. The Labute approximate surface area is 134 Å². The Morgan fingerprint density at radius 1 is 1.19 bits per heavy atom. The predicted molar refractivity (Wildman–Crippen MR) is 92.2 cm³/mol. The van der Waals surface area contributed by atoms with Gasteiger partial charge in [0.15, 0.2) is 0 Å². The summed E-state index contributed by atoms with van der Waals surface area (Å²) in [5.74, 6) is 1.47. The van der Waals surface area contributed by atoms with Gasteiger partial charge in [0, 0.05) is 22.9 Å². The van der Waals surface area contributed by atoms with Crippen molar-refractivity contribution >= 4 is 33.4 Å². The molecular formula is C16H21BrN4. The van der Waals surface area contributed by atoms with Crippen molar-refractivity contribution in [3.05, 3.63) is 40.5 Å². The molecule has 0 amide bonds. The molecule has 2 N–H and O–H groups in total. The average molecular weight is 349 g/mol. The standard InChI is InChI=1S/C16H21BrN4/c1-3-4-5-9-18-16-19-10-8-15(21-16)20-13-6-7-14(17)12(2)11-13/h6-8,10-11H,3-5,9H2,1-2H3,(H2,18,19,20,21). The number of hydrogen-bond acceptors (Lipinski definition) is 4. The largest absolute Gasteiger partial charge is 0.354 e. The third-order valence-corrected chi connectivity index (χ3v) is 4.04. The van der Waals surface area contributed by atoms with Gasteiger partial charge in [0.25, 0.3) is 0 Å². The van der Waals surface area contributed by atoms with Crippen LogP contribution < -0.4 is 10.6 Å². The lowest BCUT2D eigenvalue weighted by molar-refractivity contribution is 0.740. The monoisotopic (exact) mass is 348 g/mol. The summed E-state index contributed by atoms with van der Waals surface area (Å²) in [7, 11) is 0. The number of nitrogens with one attached hydrogen (secondary N) is 2. The second-order valence-electron chi connectivity index (χ2n) is 4.99. The number of hydrogen-bond donors (Lipinski definition) is 2. The Hall–Kier alpha value is -1.62. The van der Waals surface area contributed by atoms with Crippen molar-refractivity contribution in [3.8, 4) is 0 Å². The van der Waals surface area contributed by atoms with Gasteiger partial charge < -0.3 is 10.6 Å². The van der Waals surface area contributed by atoms with Crippen LogP contribution in [-0.4, -0.2) is 16.5 Å². The molecule has 0 aliphatic carbocycles. The fraction of sp³-hybridized carbons (Fsp3) is 0.375. The Morgan fingerprint density at radius 3 is 2.81 bits per heavy atom. The second kappa shape index (κ2) is 7.98. The summed E-state index contributed by atoms with van der Waals surface area (Å²) in [5, 5.41) is 6.56. The fourth-order valence-corrected chi connectivity index (χ4v) is 2.21. The molecule has 0 atom stereocenters. The SMILES string of the molecule is CCCCCNc1nccc(Nc2ccc(Br)c(C)c2)n1. The molecule has 0 saturated carbocycles. The van der Waals surface area contributed by atoms with Gasteiger partial charge in [0.2, 0.25) is 5.95 Å². The third-order valence-electron chi connectivity index (χ3n) is 3.15. The van der Waals surface area contributed by atoms with E-state index in [-0.39, 0.29) is 0 Å². The zero-order valence-electron chi connectivity index (χ0n) is 12.5. The zero-order chi connectivity index (χ0) is 15.1. The summed E-state index contributed by atoms with van der Waals surface area (Å²) >= 11 is 3.50. The normalized spacial score (nSPS) is 10.4. The molecule has 0 unspecified atom stereocenters.